The highest BCUT2D eigenvalue weighted by molar-refractivity contribution is 5.80. The average molecular weight is 402 g/mol. The maximum atomic E-state index is 10.3. The van der Waals surface area contributed by atoms with Crippen molar-refractivity contribution < 1.29 is 14.6 Å². The van der Waals surface area contributed by atoms with Gasteiger partial charge in [0.15, 0.2) is 5.96 Å². The molecular formula is C21H31N5O3. The molecule has 2 unspecified atom stereocenters. The first-order valence-corrected chi connectivity index (χ1v) is 10.1. The Morgan fingerprint density at radius 2 is 2.34 bits per heavy atom. The van der Waals surface area contributed by atoms with Gasteiger partial charge in [0.05, 0.1) is 25.9 Å². The first kappa shape index (κ1) is 21.1. The van der Waals surface area contributed by atoms with Gasteiger partial charge in [-0.25, -0.2) is 0 Å². The molecule has 8 heteroatoms. The summed E-state index contributed by atoms with van der Waals surface area (Å²) in [5.74, 6) is 1.53. The van der Waals surface area contributed by atoms with Crippen LogP contribution < -0.4 is 10.1 Å². The number of aliphatic imine (C=N–C) groups is 1. The van der Waals surface area contributed by atoms with E-state index < -0.39 is 6.10 Å². The van der Waals surface area contributed by atoms with Crippen LogP contribution in [0.25, 0.3) is 0 Å². The van der Waals surface area contributed by atoms with Crippen LogP contribution in [-0.2, 0) is 11.8 Å². The molecule has 8 nitrogen and oxygen atoms in total. The number of guanidine groups is 1. The number of nitrogens with one attached hydrogen (secondary N) is 1. The maximum Gasteiger partial charge on any atom is 0.194 e. The Kier molecular flexibility index (Phi) is 7.48. The highest BCUT2D eigenvalue weighted by atomic mass is 16.5. The molecule has 1 saturated heterocycles. The van der Waals surface area contributed by atoms with Gasteiger partial charge in [0, 0.05) is 31.9 Å². The van der Waals surface area contributed by atoms with Gasteiger partial charge in [0.1, 0.15) is 24.6 Å². The third-order valence-electron chi connectivity index (χ3n) is 4.68. The third kappa shape index (κ3) is 6.20. The SMILES string of the molecule is CCNC(=NCC(O)COc1cccc(C)c1)N1CCOC(c2cnn(C)c2)C1. The van der Waals surface area contributed by atoms with Gasteiger partial charge >= 0.3 is 0 Å². The second kappa shape index (κ2) is 10.3. The van der Waals surface area contributed by atoms with Crippen molar-refractivity contribution in [2.45, 2.75) is 26.1 Å². The maximum absolute atomic E-state index is 10.3. The van der Waals surface area contributed by atoms with E-state index >= 15 is 0 Å². The number of aliphatic hydroxyl groups excluding tert-OH is 1. The lowest BCUT2D eigenvalue weighted by Gasteiger charge is -2.35. The Bertz CT molecular complexity index is 807. The molecule has 1 aliphatic rings. The highest BCUT2D eigenvalue weighted by Gasteiger charge is 2.25. The summed E-state index contributed by atoms with van der Waals surface area (Å²) < 4.78 is 13.4. The number of morpholine rings is 1. The molecule has 2 aromatic rings. The second-order valence-corrected chi connectivity index (χ2v) is 7.23. The number of ether oxygens (including phenoxy) is 2. The first-order valence-electron chi connectivity index (χ1n) is 10.1. The van der Waals surface area contributed by atoms with Gasteiger partial charge in [-0.2, -0.15) is 5.10 Å². The van der Waals surface area contributed by atoms with Crippen LogP contribution in [0.2, 0.25) is 0 Å². The zero-order chi connectivity index (χ0) is 20.6. The zero-order valence-corrected chi connectivity index (χ0v) is 17.4. The predicted molar refractivity (Wildman–Crippen MR) is 112 cm³/mol. The van der Waals surface area contributed by atoms with Crippen molar-refractivity contribution in [1.82, 2.24) is 20.0 Å². The molecule has 0 bridgehead atoms. The van der Waals surface area contributed by atoms with Crippen LogP contribution >= 0.6 is 0 Å². The van der Waals surface area contributed by atoms with E-state index in [1.807, 2.05) is 57.6 Å². The molecule has 1 aromatic heterocycles. The summed E-state index contributed by atoms with van der Waals surface area (Å²) in [7, 11) is 1.90. The molecule has 0 saturated carbocycles. The normalized spacial score (nSPS) is 18.6. The third-order valence-corrected chi connectivity index (χ3v) is 4.68. The zero-order valence-electron chi connectivity index (χ0n) is 17.4. The molecule has 1 aliphatic heterocycles. The van der Waals surface area contributed by atoms with Crippen molar-refractivity contribution >= 4 is 5.96 Å². The van der Waals surface area contributed by atoms with Crippen molar-refractivity contribution in [3.8, 4) is 5.75 Å². The van der Waals surface area contributed by atoms with Crippen LogP contribution in [0.1, 0.15) is 24.2 Å². The number of aromatic nitrogens is 2. The summed E-state index contributed by atoms with van der Waals surface area (Å²) in [5, 5.41) is 17.9. The molecule has 0 radical (unpaired) electrons. The van der Waals surface area contributed by atoms with Crippen LogP contribution in [0, 0.1) is 6.92 Å². The van der Waals surface area contributed by atoms with Crippen molar-refractivity contribution in [3.63, 3.8) is 0 Å². The second-order valence-electron chi connectivity index (χ2n) is 7.23. The minimum absolute atomic E-state index is 0.0455. The van der Waals surface area contributed by atoms with Crippen molar-refractivity contribution in [3.05, 3.63) is 47.8 Å². The molecular weight excluding hydrogens is 370 g/mol. The number of aliphatic hydroxyl groups is 1. The number of nitrogens with zero attached hydrogens (tertiary/aromatic N) is 4. The van der Waals surface area contributed by atoms with Gasteiger partial charge in [0.2, 0.25) is 0 Å². The van der Waals surface area contributed by atoms with Gasteiger partial charge in [-0.1, -0.05) is 12.1 Å². The van der Waals surface area contributed by atoms with Crippen molar-refractivity contribution in [1.29, 1.82) is 0 Å². The van der Waals surface area contributed by atoms with Gasteiger partial charge in [-0.05, 0) is 31.5 Å². The standard InChI is InChI=1S/C21H31N5O3/c1-4-22-21(23-12-18(27)15-29-19-7-5-6-16(2)10-19)26-8-9-28-20(14-26)17-11-24-25(3)13-17/h5-7,10-11,13,18,20,27H,4,8-9,12,14-15H2,1-3H3,(H,22,23). The number of hydrogen-bond acceptors (Lipinski definition) is 5. The van der Waals surface area contributed by atoms with Crippen molar-refractivity contribution in [2.24, 2.45) is 12.0 Å². The minimum Gasteiger partial charge on any atom is -0.491 e. The summed E-state index contributed by atoms with van der Waals surface area (Å²) in [6.07, 6.45) is 3.09. The van der Waals surface area contributed by atoms with Gasteiger partial charge in [-0.15, -0.1) is 0 Å². The van der Waals surface area contributed by atoms with Crippen LogP contribution in [0.5, 0.6) is 5.75 Å². The molecule has 1 aromatic carbocycles. The molecule has 29 heavy (non-hydrogen) atoms. The molecule has 0 spiro atoms. The lowest BCUT2D eigenvalue weighted by Crippen LogP contribution is -2.48. The Morgan fingerprint density at radius 1 is 1.48 bits per heavy atom. The van der Waals surface area contributed by atoms with E-state index in [0.29, 0.717) is 13.2 Å². The van der Waals surface area contributed by atoms with Gasteiger partial charge in [-0.3, -0.25) is 9.67 Å². The number of hydrogen-bond donors (Lipinski definition) is 2. The van der Waals surface area contributed by atoms with E-state index in [9.17, 15) is 5.11 Å². The van der Waals surface area contributed by atoms with E-state index in [4.69, 9.17) is 9.47 Å². The molecule has 158 valence electrons. The Morgan fingerprint density at radius 3 is 3.07 bits per heavy atom. The number of rotatable bonds is 7. The molecule has 2 atom stereocenters. The summed E-state index contributed by atoms with van der Waals surface area (Å²) in [5.41, 5.74) is 2.18. The highest BCUT2D eigenvalue weighted by Crippen LogP contribution is 2.21. The van der Waals surface area contributed by atoms with E-state index in [2.05, 4.69) is 20.3 Å². The van der Waals surface area contributed by atoms with Gasteiger partial charge < -0.3 is 24.8 Å². The van der Waals surface area contributed by atoms with Gasteiger partial charge in [0.25, 0.3) is 0 Å². The summed E-state index contributed by atoms with van der Waals surface area (Å²) in [6, 6.07) is 7.79. The molecule has 0 amide bonds. The summed E-state index contributed by atoms with van der Waals surface area (Å²) in [6.45, 7) is 7.32. The molecule has 2 N–H and O–H groups in total. The quantitative estimate of drug-likeness (QED) is 0.540. The van der Waals surface area contributed by atoms with Crippen molar-refractivity contribution in [2.75, 3.05) is 39.4 Å². The lowest BCUT2D eigenvalue weighted by atomic mass is 10.1. The van der Waals surface area contributed by atoms with E-state index in [-0.39, 0.29) is 19.3 Å². The van der Waals surface area contributed by atoms with Crippen LogP contribution in [-0.4, -0.2) is 71.2 Å². The Balaban J connectivity index is 1.56. The predicted octanol–water partition coefficient (Wildman–Crippen LogP) is 1.51. The largest absolute Gasteiger partial charge is 0.491 e. The monoisotopic (exact) mass is 401 g/mol. The van der Waals surface area contributed by atoms with E-state index in [1.54, 1.807) is 4.68 Å². The topological polar surface area (TPSA) is 84.1 Å². The Labute approximate surface area is 172 Å². The summed E-state index contributed by atoms with van der Waals surface area (Å²) >= 11 is 0. The van der Waals surface area contributed by atoms with E-state index in [1.165, 1.54) is 0 Å². The fourth-order valence-electron chi connectivity index (χ4n) is 3.22. The minimum atomic E-state index is -0.681. The fraction of sp³-hybridized carbons (Fsp3) is 0.524. The Hall–Kier alpha value is -2.58. The molecule has 0 aliphatic carbocycles. The van der Waals surface area contributed by atoms with Crippen LogP contribution in [0.4, 0.5) is 0 Å². The molecule has 3 rings (SSSR count). The molecule has 2 heterocycles. The number of aryl methyl sites for hydroxylation is 2. The smallest absolute Gasteiger partial charge is 0.194 e. The van der Waals surface area contributed by atoms with E-state index in [0.717, 1.165) is 35.9 Å². The fourth-order valence-corrected chi connectivity index (χ4v) is 3.22. The number of benzene rings is 1. The van der Waals surface area contributed by atoms with Crippen LogP contribution in [0.15, 0.2) is 41.7 Å². The average Bonchev–Trinajstić information content (AvgIpc) is 3.16. The van der Waals surface area contributed by atoms with Crippen LogP contribution in [0.3, 0.4) is 0 Å². The summed E-state index contributed by atoms with van der Waals surface area (Å²) in [4.78, 5) is 6.79. The first-order chi connectivity index (χ1) is 14.0. The lowest BCUT2D eigenvalue weighted by molar-refractivity contribution is -0.00814. The molecule has 1 fully saturated rings.